The maximum Gasteiger partial charge on any atom is 0.156 e. The second-order valence-corrected chi connectivity index (χ2v) is 5.74. The van der Waals surface area contributed by atoms with Crippen LogP contribution in [0.3, 0.4) is 0 Å². The average molecular weight is 307 g/mol. The summed E-state index contributed by atoms with van der Waals surface area (Å²) in [6.45, 7) is 4.18. The molecule has 0 amide bonds. The summed E-state index contributed by atoms with van der Waals surface area (Å²) >= 11 is 0. The molecule has 1 heterocycles. The Morgan fingerprint density at radius 1 is 1.00 bits per heavy atom. The van der Waals surface area contributed by atoms with Crippen LogP contribution in [0.15, 0.2) is 48.5 Å². The number of fused-ring (bicyclic) bond motifs is 1. The third-order valence-electron chi connectivity index (χ3n) is 4.07. The lowest BCUT2D eigenvalue weighted by molar-refractivity contribution is 0.271. The molecule has 118 valence electrons. The van der Waals surface area contributed by atoms with Crippen molar-refractivity contribution in [2.24, 2.45) is 0 Å². The van der Waals surface area contributed by atoms with Gasteiger partial charge in [-0.15, -0.1) is 10.2 Å². The molecule has 3 rings (SSSR count). The summed E-state index contributed by atoms with van der Waals surface area (Å²) in [6, 6.07) is 16.4. The highest BCUT2D eigenvalue weighted by Gasteiger charge is 2.13. The molecule has 0 radical (unpaired) electrons. The number of rotatable bonds is 5. The largest absolute Gasteiger partial charge is 0.394 e. The fourth-order valence-electron chi connectivity index (χ4n) is 2.61. The molecule has 1 aromatic heterocycles. The van der Waals surface area contributed by atoms with E-state index in [0.29, 0.717) is 0 Å². The van der Waals surface area contributed by atoms with Crippen molar-refractivity contribution >= 4 is 16.6 Å². The van der Waals surface area contributed by atoms with Crippen molar-refractivity contribution < 1.29 is 5.11 Å². The van der Waals surface area contributed by atoms with Gasteiger partial charge in [-0.2, -0.15) is 0 Å². The number of benzene rings is 2. The minimum Gasteiger partial charge on any atom is -0.394 e. The lowest BCUT2D eigenvalue weighted by atomic mass is 10.0. The van der Waals surface area contributed by atoms with Crippen LogP contribution in [0.4, 0.5) is 5.82 Å². The van der Waals surface area contributed by atoms with Crippen molar-refractivity contribution in [3.05, 3.63) is 54.1 Å². The van der Waals surface area contributed by atoms with Crippen LogP contribution in [0.1, 0.15) is 18.9 Å². The molecule has 4 nitrogen and oxygen atoms in total. The Kier molecular flexibility index (Phi) is 4.53. The van der Waals surface area contributed by atoms with E-state index < -0.39 is 0 Å². The first-order valence-electron chi connectivity index (χ1n) is 7.92. The van der Waals surface area contributed by atoms with E-state index in [1.807, 2.05) is 25.1 Å². The van der Waals surface area contributed by atoms with Crippen LogP contribution in [-0.2, 0) is 0 Å². The molecule has 0 bridgehead atoms. The first kappa shape index (κ1) is 15.4. The van der Waals surface area contributed by atoms with Gasteiger partial charge in [-0.05, 0) is 13.3 Å². The molecule has 23 heavy (non-hydrogen) atoms. The Bertz CT molecular complexity index is 795. The monoisotopic (exact) mass is 307 g/mol. The van der Waals surface area contributed by atoms with Gasteiger partial charge >= 0.3 is 0 Å². The molecule has 0 aliphatic rings. The number of aryl methyl sites for hydroxylation is 1. The van der Waals surface area contributed by atoms with Gasteiger partial charge in [-0.3, -0.25) is 0 Å². The summed E-state index contributed by atoms with van der Waals surface area (Å²) in [6.07, 6.45) is 0.826. The van der Waals surface area contributed by atoms with Gasteiger partial charge < -0.3 is 10.4 Å². The van der Waals surface area contributed by atoms with E-state index in [1.165, 1.54) is 5.56 Å². The maximum atomic E-state index is 9.41. The lowest BCUT2D eigenvalue weighted by Crippen LogP contribution is -2.23. The van der Waals surface area contributed by atoms with Crippen LogP contribution in [0.2, 0.25) is 0 Å². The van der Waals surface area contributed by atoms with Gasteiger partial charge in [0.25, 0.3) is 0 Å². The number of anilines is 1. The summed E-state index contributed by atoms with van der Waals surface area (Å²) in [5.41, 5.74) is 3.15. The highest BCUT2D eigenvalue weighted by atomic mass is 16.3. The number of hydrogen-bond donors (Lipinski definition) is 2. The van der Waals surface area contributed by atoms with Gasteiger partial charge in [0.05, 0.1) is 12.6 Å². The number of aromatic nitrogens is 2. The minimum atomic E-state index is -0.0158. The molecule has 0 aliphatic heterocycles. The zero-order valence-corrected chi connectivity index (χ0v) is 13.5. The Hall–Kier alpha value is -2.46. The lowest BCUT2D eigenvalue weighted by Gasteiger charge is -2.16. The standard InChI is InChI=1S/C19H21N3O/c1-3-15(12-23)20-19-17-7-5-4-6-16(17)18(21-22-19)14-10-8-13(2)9-11-14/h4-11,15,23H,3,12H2,1-2H3,(H,20,22)/t15-/m1/s1. The van der Waals surface area contributed by atoms with E-state index in [-0.39, 0.29) is 12.6 Å². The van der Waals surface area contributed by atoms with E-state index in [2.05, 4.69) is 52.8 Å². The predicted molar refractivity (Wildman–Crippen MR) is 94.5 cm³/mol. The van der Waals surface area contributed by atoms with Crippen molar-refractivity contribution in [3.8, 4) is 11.3 Å². The molecule has 3 aromatic rings. The highest BCUT2D eigenvalue weighted by Crippen LogP contribution is 2.30. The minimum absolute atomic E-state index is 0.0158. The summed E-state index contributed by atoms with van der Waals surface area (Å²) in [5.74, 6) is 0.720. The van der Waals surface area contributed by atoms with Crippen molar-refractivity contribution in [3.63, 3.8) is 0 Å². The maximum absolute atomic E-state index is 9.41. The Balaban J connectivity index is 2.10. The van der Waals surface area contributed by atoms with Crippen molar-refractivity contribution in [1.29, 1.82) is 0 Å². The van der Waals surface area contributed by atoms with Crippen LogP contribution >= 0.6 is 0 Å². The third-order valence-corrected chi connectivity index (χ3v) is 4.07. The second-order valence-electron chi connectivity index (χ2n) is 5.74. The quantitative estimate of drug-likeness (QED) is 0.753. The van der Waals surface area contributed by atoms with Gasteiger partial charge in [0.15, 0.2) is 5.82 Å². The first-order valence-corrected chi connectivity index (χ1v) is 7.92. The Labute approximate surface area is 136 Å². The molecular formula is C19H21N3O. The number of aliphatic hydroxyl groups excluding tert-OH is 1. The van der Waals surface area contributed by atoms with Crippen LogP contribution in [0.5, 0.6) is 0 Å². The molecule has 2 aromatic carbocycles. The van der Waals surface area contributed by atoms with E-state index in [4.69, 9.17) is 0 Å². The molecule has 1 atom stereocenters. The first-order chi connectivity index (χ1) is 11.2. The SMILES string of the molecule is CC[C@H](CO)Nc1nnc(-c2ccc(C)cc2)c2ccccc12. The van der Waals surface area contributed by atoms with Gasteiger partial charge in [0, 0.05) is 16.3 Å². The van der Waals surface area contributed by atoms with Gasteiger partial charge in [0.1, 0.15) is 5.69 Å². The zero-order chi connectivity index (χ0) is 16.2. The normalized spacial score (nSPS) is 12.3. The number of hydrogen-bond acceptors (Lipinski definition) is 4. The van der Waals surface area contributed by atoms with E-state index in [0.717, 1.165) is 34.3 Å². The number of nitrogens with one attached hydrogen (secondary N) is 1. The smallest absolute Gasteiger partial charge is 0.156 e. The third kappa shape index (κ3) is 3.17. The Morgan fingerprint density at radius 2 is 1.70 bits per heavy atom. The van der Waals surface area contributed by atoms with E-state index in [1.54, 1.807) is 0 Å². The summed E-state index contributed by atoms with van der Waals surface area (Å²) in [5, 5.41) is 23.6. The van der Waals surface area contributed by atoms with Crippen molar-refractivity contribution in [1.82, 2.24) is 10.2 Å². The van der Waals surface area contributed by atoms with Crippen LogP contribution in [0.25, 0.3) is 22.0 Å². The van der Waals surface area contributed by atoms with Crippen LogP contribution < -0.4 is 5.32 Å². The van der Waals surface area contributed by atoms with Crippen molar-refractivity contribution in [2.45, 2.75) is 26.3 Å². The van der Waals surface area contributed by atoms with Gasteiger partial charge in [-0.1, -0.05) is 61.0 Å². The summed E-state index contributed by atoms with van der Waals surface area (Å²) in [7, 11) is 0. The number of nitrogens with zero attached hydrogens (tertiary/aromatic N) is 2. The molecule has 0 saturated carbocycles. The van der Waals surface area contributed by atoms with Crippen molar-refractivity contribution in [2.75, 3.05) is 11.9 Å². The van der Waals surface area contributed by atoms with E-state index >= 15 is 0 Å². The Morgan fingerprint density at radius 3 is 2.35 bits per heavy atom. The van der Waals surface area contributed by atoms with Gasteiger partial charge in [-0.25, -0.2) is 0 Å². The van der Waals surface area contributed by atoms with Crippen LogP contribution in [0, 0.1) is 6.92 Å². The molecule has 4 heteroatoms. The predicted octanol–water partition coefficient (Wildman–Crippen LogP) is 3.79. The average Bonchev–Trinajstić information content (AvgIpc) is 2.60. The van der Waals surface area contributed by atoms with E-state index in [9.17, 15) is 5.11 Å². The fraction of sp³-hybridized carbons (Fsp3) is 0.263. The highest BCUT2D eigenvalue weighted by molar-refractivity contribution is 6.00. The molecule has 0 saturated heterocycles. The topological polar surface area (TPSA) is 58.0 Å². The molecule has 0 aliphatic carbocycles. The zero-order valence-electron chi connectivity index (χ0n) is 13.5. The molecule has 2 N–H and O–H groups in total. The summed E-state index contributed by atoms with van der Waals surface area (Å²) < 4.78 is 0. The molecular weight excluding hydrogens is 286 g/mol. The second kappa shape index (κ2) is 6.75. The molecule has 0 spiro atoms. The number of aliphatic hydroxyl groups is 1. The van der Waals surface area contributed by atoms with Crippen LogP contribution in [-0.4, -0.2) is 28.0 Å². The molecule has 0 unspecified atom stereocenters. The fourth-order valence-corrected chi connectivity index (χ4v) is 2.61. The molecule has 0 fully saturated rings. The summed E-state index contributed by atoms with van der Waals surface area (Å²) in [4.78, 5) is 0. The van der Waals surface area contributed by atoms with Gasteiger partial charge in [0.2, 0.25) is 0 Å².